The fraction of sp³-hybridized carbons (Fsp3) is 0.400. The van der Waals surface area contributed by atoms with Crippen LogP contribution in [-0.4, -0.2) is 44.4 Å². The summed E-state index contributed by atoms with van der Waals surface area (Å²) in [5.74, 6) is -2.05. The van der Waals surface area contributed by atoms with Gasteiger partial charge in [-0.3, -0.25) is 4.79 Å². The summed E-state index contributed by atoms with van der Waals surface area (Å²) in [6.07, 6.45) is 1.95. The van der Waals surface area contributed by atoms with E-state index in [9.17, 15) is 18.7 Å². The Morgan fingerprint density at radius 2 is 2.26 bits per heavy atom. The summed E-state index contributed by atoms with van der Waals surface area (Å²) in [7, 11) is 0. The van der Waals surface area contributed by atoms with Gasteiger partial charge in [0, 0.05) is 19.4 Å². The predicted octanol–water partition coefficient (Wildman–Crippen LogP) is 1.14. The summed E-state index contributed by atoms with van der Waals surface area (Å²) in [5.41, 5.74) is -0.652. The molecular weight excluding hydrogens is 306 g/mol. The molecule has 3 rings (SSSR count). The van der Waals surface area contributed by atoms with E-state index in [0.717, 1.165) is 6.07 Å². The molecule has 8 heteroatoms. The van der Waals surface area contributed by atoms with E-state index in [1.54, 1.807) is 0 Å². The summed E-state index contributed by atoms with van der Waals surface area (Å²) in [6.45, 7) is 0.498. The van der Waals surface area contributed by atoms with Gasteiger partial charge in [-0.2, -0.15) is 15.4 Å². The summed E-state index contributed by atoms with van der Waals surface area (Å²) in [4.78, 5) is 13.7. The first-order valence-electron chi connectivity index (χ1n) is 7.29. The molecule has 1 aromatic heterocycles. The molecule has 2 heterocycles. The van der Waals surface area contributed by atoms with E-state index >= 15 is 0 Å². The second kappa shape index (κ2) is 6.04. The van der Waals surface area contributed by atoms with Crippen LogP contribution in [0.2, 0.25) is 0 Å². The maximum Gasteiger partial charge on any atom is 0.223 e. The molecule has 23 heavy (non-hydrogen) atoms. The molecule has 6 nitrogen and oxygen atoms in total. The number of nitrogens with one attached hydrogen (secondary N) is 1. The molecule has 0 saturated carbocycles. The number of H-pyrrole nitrogens is 1. The fourth-order valence-corrected chi connectivity index (χ4v) is 2.78. The Balaban J connectivity index is 1.61. The third kappa shape index (κ3) is 3.07. The number of benzene rings is 1. The maximum absolute atomic E-state index is 13.6. The van der Waals surface area contributed by atoms with Crippen LogP contribution < -0.4 is 0 Å². The molecule has 1 unspecified atom stereocenters. The van der Waals surface area contributed by atoms with E-state index < -0.39 is 17.2 Å². The van der Waals surface area contributed by atoms with Crippen molar-refractivity contribution in [2.75, 3.05) is 13.1 Å². The number of aromatic nitrogens is 3. The van der Waals surface area contributed by atoms with Crippen LogP contribution in [0, 0.1) is 11.6 Å². The van der Waals surface area contributed by atoms with Gasteiger partial charge in [-0.05, 0) is 18.1 Å². The van der Waals surface area contributed by atoms with E-state index in [2.05, 4.69) is 15.4 Å². The smallest absolute Gasteiger partial charge is 0.223 e. The number of aryl methyl sites for hydroxylation is 1. The van der Waals surface area contributed by atoms with Gasteiger partial charge in [-0.25, -0.2) is 8.78 Å². The number of amides is 1. The van der Waals surface area contributed by atoms with Crippen molar-refractivity contribution in [3.05, 3.63) is 47.3 Å². The minimum atomic E-state index is -1.22. The molecule has 1 aliphatic rings. The second-order valence-corrected chi connectivity index (χ2v) is 5.67. The summed E-state index contributed by atoms with van der Waals surface area (Å²) >= 11 is 0. The van der Waals surface area contributed by atoms with Gasteiger partial charge in [0.05, 0.1) is 12.7 Å². The maximum atomic E-state index is 13.6. The van der Waals surface area contributed by atoms with Gasteiger partial charge in [0.25, 0.3) is 0 Å². The van der Waals surface area contributed by atoms with Crippen LogP contribution >= 0.6 is 0 Å². The van der Waals surface area contributed by atoms with Gasteiger partial charge in [0.1, 0.15) is 11.3 Å². The molecule has 1 saturated heterocycles. The number of rotatable bonds is 4. The van der Waals surface area contributed by atoms with Gasteiger partial charge in [-0.1, -0.05) is 12.1 Å². The Hall–Kier alpha value is -2.35. The van der Waals surface area contributed by atoms with Crippen LogP contribution in [0.1, 0.15) is 24.1 Å². The number of β-amino-alcohol motifs (C(OH)–C–C–N with tert-alkyl or cyclic N) is 1. The predicted molar refractivity (Wildman–Crippen MR) is 76.2 cm³/mol. The van der Waals surface area contributed by atoms with Gasteiger partial charge >= 0.3 is 0 Å². The SMILES string of the molecule is O=C(CCc1cccc(F)c1F)N1CCC(O)(c2cn[nH]n2)C1. The molecule has 1 amide bonds. The number of hydrogen-bond acceptors (Lipinski definition) is 4. The Morgan fingerprint density at radius 1 is 1.43 bits per heavy atom. The molecule has 1 atom stereocenters. The molecule has 122 valence electrons. The van der Waals surface area contributed by atoms with E-state index in [1.165, 1.54) is 23.2 Å². The first-order valence-corrected chi connectivity index (χ1v) is 7.29. The highest BCUT2D eigenvalue weighted by Gasteiger charge is 2.41. The number of carbonyl (C=O) groups is 1. The molecule has 1 fully saturated rings. The number of aliphatic hydroxyl groups is 1. The number of halogens is 2. The zero-order valence-corrected chi connectivity index (χ0v) is 12.3. The Labute approximate surface area is 131 Å². The Kier molecular flexibility index (Phi) is 4.08. The minimum Gasteiger partial charge on any atom is -0.381 e. The van der Waals surface area contributed by atoms with Gasteiger partial charge in [-0.15, -0.1) is 0 Å². The lowest BCUT2D eigenvalue weighted by Gasteiger charge is -2.21. The minimum absolute atomic E-state index is 0.0509. The Morgan fingerprint density at radius 3 is 3.00 bits per heavy atom. The number of likely N-dealkylation sites (tertiary alicyclic amines) is 1. The Bertz CT molecular complexity index is 708. The monoisotopic (exact) mass is 322 g/mol. The normalized spacial score (nSPS) is 20.9. The van der Waals surface area contributed by atoms with Gasteiger partial charge in [0.15, 0.2) is 11.6 Å². The van der Waals surface area contributed by atoms with Crippen LogP contribution in [0.15, 0.2) is 24.4 Å². The quantitative estimate of drug-likeness (QED) is 0.884. The summed E-state index contributed by atoms with van der Waals surface area (Å²) in [6, 6.07) is 3.91. The van der Waals surface area contributed by atoms with Crippen molar-refractivity contribution in [2.24, 2.45) is 0 Å². The van der Waals surface area contributed by atoms with Crippen LogP contribution in [0.25, 0.3) is 0 Å². The summed E-state index contributed by atoms with van der Waals surface area (Å²) < 4.78 is 26.7. The van der Waals surface area contributed by atoms with Crippen molar-refractivity contribution in [1.29, 1.82) is 0 Å². The van der Waals surface area contributed by atoms with Crippen molar-refractivity contribution in [1.82, 2.24) is 20.3 Å². The molecule has 2 aromatic rings. The summed E-state index contributed by atoms with van der Waals surface area (Å²) in [5, 5.41) is 20.5. The number of carbonyl (C=O) groups excluding carboxylic acids is 1. The largest absolute Gasteiger partial charge is 0.381 e. The third-order valence-corrected chi connectivity index (χ3v) is 4.13. The topological polar surface area (TPSA) is 82.1 Å². The molecular formula is C15H16F2N4O2. The van der Waals surface area contributed by atoms with E-state index in [-0.39, 0.29) is 30.9 Å². The second-order valence-electron chi connectivity index (χ2n) is 5.67. The fourth-order valence-electron chi connectivity index (χ4n) is 2.78. The van der Waals surface area contributed by atoms with Crippen molar-refractivity contribution < 1.29 is 18.7 Å². The van der Waals surface area contributed by atoms with Crippen LogP contribution in [-0.2, 0) is 16.8 Å². The molecule has 2 N–H and O–H groups in total. The van der Waals surface area contributed by atoms with Crippen molar-refractivity contribution in [2.45, 2.75) is 24.9 Å². The third-order valence-electron chi connectivity index (χ3n) is 4.13. The molecule has 1 aromatic carbocycles. The van der Waals surface area contributed by atoms with E-state index in [1.807, 2.05) is 0 Å². The highest BCUT2D eigenvalue weighted by atomic mass is 19.2. The average molecular weight is 322 g/mol. The molecule has 0 bridgehead atoms. The molecule has 0 spiro atoms. The van der Waals surface area contributed by atoms with Crippen molar-refractivity contribution >= 4 is 5.91 Å². The van der Waals surface area contributed by atoms with Gasteiger partial charge < -0.3 is 10.0 Å². The first-order chi connectivity index (χ1) is 11.0. The molecule has 0 radical (unpaired) electrons. The van der Waals surface area contributed by atoms with Gasteiger partial charge in [0.2, 0.25) is 5.91 Å². The first kappa shape index (κ1) is 15.5. The zero-order valence-electron chi connectivity index (χ0n) is 12.3. The number of hydrogen-bond donors (Lipinski definition) is 2. The molecule has 1 aliphatic heterocycles. The standard InChI is InChI=1S/C15H16F2N4O2/c16-11-3-1-2-10(14(11)17)4-5-13(22)21-7-6-15(23,9-21)12-8-18-20-19-12/h1-3,8,23H,4-7,9H2,(H,18,19,20). The number of nitrogens with zero attached hydrogens (tertiary/aromatic N) is 3. The van der Waals surface area contributed by atoms with Crippen LogP contribution in [0.4, 0.5) is 8.78 Å². The highest BCUT2D eigenvalue weighted by molar-refractivity contribution is 5.77. The van der Waals surface area contributed by atoms with Crippen molar-refractivity contribution in [3.8, 4) is 0 Å². The van der Waals surface area contributed by atoms with Crippen molar-refractivity contribution in [3.63, 3.8) is 0 Å². The molecule has 0 aliphatic carbocycles. The lowest BCUT2D eigenvalue weighted by atomic mass is 10.00. The van der Waals surface area contributed by atoms with E-state index in [0.29, 0.717) is 18.7 Å². The zero-order chi connectivity index (χ0) is 16.4. The van der Waals surface area contributed by atoms with Crippen LogP contribution in [0.5, 0.6) is 0 Å². The lowest BCUT2D eigenvalue weighted by Crippen LogP contribution is -2.34. The van der Waals surface area contributed by atoms with Crippen LogP contribution in [0.3, 0.4) is 0 Å². The number of aromatic amines is 1. The average Bonchev–Trinajstić information content (AvgIpc) is 3.19. The lowest BCUT2D eigenvalue weighted by molar-refractivity contribution is -0.131. The van der Waals surface area contributed by atoms with E-state index in [4.69, 9.17) is 0 Å². The highest BCUT2D eigenvalue weighted by Crippen LogP contribution is 2.30.